The number of nitrogens with zero attached hydrogens (tertiary/aromatic N) is 3. The number of likely N-dealkylation sites (tertiary alicyclic amines) is 1. The van der Waals surface area contributed by atoms with Crippen molar-refractivity contribution in [3.05, 3.63) is 40.7 Å². The summed E-state index contributed by atoms with van der Waals surface area (Å²) in [6, 6.07) is 4.72. The van der Waals surface area contributed by atoms with Crippen molar-refractivity contribution in [1.29, 1.82) is 0 Å². The zero-order chi connectivity index (χ0) is 14.8. The number of hydrogen-bond donors (Lipinski definition) is 0. The van der Waals surface area contributed by atoms with Gasteiger partial charge in [0.2, 0.25) is 0 Å². The van der Waals surface area contributed by atoms with E-state index in [1.165, 1.54) is 12.4 Å². The summed E-state index contributed by atoms with van der Waals surface area (Å²) in [7, 11) is 0. The first-order valence-electron chi connectivity index (χ1n) is 7.58. The molecular weight excluding hydrogens is 269 g/mol. The lowest BCUT2D eigenvalue weighted by molar-refractivity contribution is 0.185. The lowest BCUT2D eigenvalue weighted by Crippen LogP contribution is -2.37. The lowest BCUT2D eigenvalue weighted by Gasteiger charge is -2.32. The van der Waals surface area contributed by atoms with Gasteiger partial charge < -0.3 is 4.90 Å². The Morgan fingerprint density at radius 1 is 1.33 bits per heavy atom. The van der Waals surface area contributed by atoms with Crippen molar-refractivity contribution < 1.29 is 4.39 Å². The van der Waals surface area contributed by atoms with Crippen LogP contribution in [0.5, 0.6) is 0 Å². The molecule has 0 bridgehead atoms. The molecule has 1 aliphatic rings. The molecule has 0 radical (unpaired) electrons. The van der Waals surface area contributed by atoms with Crippen LogP contribution in [0.15, 0.2) is 29.3 Å². The third kappa shape index (κ3) is 2.70. The van der Waals surface area contributed by atoms with Gasteiger partial charge in [-0.2, -0.15) is 0 Å². The smallest absolute Gasteiger partial charge is 0.261 e. The van der Waals surface area contributed by atoms with Crippen molar-refractivity contribution in [3.63, 3.8) is 0 Å². The topological polar surface area (TPSA) is 38.1 Å². The highest BCUT2D eigenvalue weighted by Gasteiger charge is 2.21. The summed E-state index contributed by atoms with van der Waals surface area (Å²) < 4.78 is 15.3. The number of rotatable bonds is 3. The fraction of sp³-hybridized carbons (Fsp3) is 0.500. The second kappa shape index (κ2) is 5.93. The van der Waals surface area contributed by atoms with Gasteiger partial charge in [-0.1, -0.05) is 13.0 Å². The number of para-hydroxylation sites is 1. The molecule has 1 aliphatic heterocycles. The third-order valence-electron chi connectivity index (χ3n) is 4.25. The average molecular weight is 289 g/mol. The molecule has 21 heavy (non-hydrogen) atoms. The van der Waals surface area contributed by atoms with Crippen LogP contribution >= 0.6 is 0 Å². The van der Waals surface area contributed by atoms with Crippen LogP contribution < -0.4 is 5.56 Å². The van der Waals surface area contributed by atoms with Crippen molar-refractivity contribution in [2.45, 2.75) is 32.2 Å². The number of aromatic nitrogens is 2. The van der Waals surface area contributed by atoms with E-state index < -0.39 is 5.82 Å². The Balaban J connectivity index is 1.89. The van der Waals surface area contributed by atoms with Crippen molar-refractivity contribution in [3.8, 4) is 0 Å². The molecule has 5 heteroatoms. The average Bonchev–Trinajstić information content (AvgIpc) is 2.50. The van der Waals surface area contributed by atoms with Crippen molar-refractivity contribution in [2.75, 3.05) is 19.6 Å². The van der Waals surface area contributed by atoms with Crippen LogP contribution in [0.25, 0.3) is 10.9 Å². The molecule has 2 aromatic rings. The van der Waals surface area contributed by atoms with E-state index in [-0.39, 0.29) is 17.1 Å². The molecule has 0 N–H and O–H groups in total. The Morgan fingerprint density at radius 2 is 2.10 bits per heavy atom. The molecule has 1 aromatic carbocycles. The van der Waals surface area contributed by atoms with Gasteiger partial charge in [0.15, 0.2) is 0 Å². The van der Waals surface area contributed by atoms with E-state index in [1.54, 1.807) is 16.7 Å². The fourth-order valence-corrected chi connectivity index (χ4v) is 3.13. The maximum atomic E-state index is 13.7. The SMILES string of the molecule is CCCN1CCC(n2cnc3c(F)cccc3c2=O)CC1. The molecule has 0 amide bonds. The predicted octanol–water partition coefficient (Wildman–Crippen LogP) is 2.58. The Hall–Kier alpha value is -1.75. The van der Waals surface area contributed by atoms with Crippen LogP contribution in [-0.4, -0.2) is 34.1 Å². The first kappa shape index (κ1) is 14.2. The summed E-state index contributed by atoms with van der Waals surface area (Å²) in [5.74, 6) is -0.436. The molecule has 1 aromatic heterocycles. The molecule has 0 atom stereocenters. The second-order valence-corrected chi connectivity index (χ2v) is 5.67. The summed E-state index contributed by atoms with van der Waals surface area (Å²) in [6.07, 6.45) is 4.56. The number of benzene rings is 1. The largest absolute Gasteiger partial charge is 0.303 e. The molecule has 2 heterocycles. The van der Waals surface area contributed by atoms with Gasteiger partial charge in [-0.3, -0.25) is 9.36 Å². The summed E-state index contributed by atoms with van der Waals surface area (Å²) in [5, 5.41) is 0.369. The zero-order valence-electron chi connectivity index (χ0n) is 12.3. The molecule has 1 saturated heterocycles. The molecule has 0 saturated carbocycles. The Labute approximate surface area is 123 Å². The standard InChI is InChI=1S/C16H20FN3O/c1-2-8-19-9-6-12(7-10-19)20-11-18-15-13(16(20)21)4-3-5-14(15)17/h3-5,11-12H,2,6-10H2,1H3. The maximum absolute atomic E-state index is 13.7. The minimum Gasteiger partial charge on any atom is -0.303 e. The quantitative estimate of drug-likeness (QED) is 0.871. The summed E-state index contributed by atoms with van der Waals surface area (Å²) in [4.78, 5) is 19.1. The van der Waals surface area contributed by atoms with Gasteiger partial charge in [0.1, 0.15) is 11.3 Å². The first-order chi connectivity index (χ1) is 10.2. The van der Waals surface area contributed by atoms with Crippen molar-refractivity contribution in [2.24, 2.45) is 0 Å². The molecular formula is C16H20FN3O. The highest BCUT2D eigenvalue weighted by atomic mass is 19.1. The molecule has 112 valence electrons. The van der Waals surface area contributed by atoms with Gasteiger partial charge in [-0.05, 0) is 37.9 Å². The van der Waals surface area contributed by atoms with Crippen LogP contribution in [0.3, 0.4) is 0 Å². The lowest BCUT2D eigenvalue weighted by atomic mass is 10.0. The van der Waals surface area contributed by atoms with E-state index in [9.17, 15) is 9.18 Å². The van der Waals surface area contributed by atoms with Crippen LogP contribution in [0.1, 0.15) is 32.2 Å². The van der Waals surface area contributed by atoms with E-state index in [0.29, 0.717) is 5.39 Å². The number of halogens is 1. The van der Waals surface area contributed by atoms with Gasteiger partial charge in [0, 0.05) is 19.1 Å². The fourth-order valence-electron chi connectivity index (χ4n) is 3.13. The van der Waals surface area contributed by atoms with Crippen molar-refractivity contribution >= 4 is 10.9 Å². The second-order valence-electron chi connectivity index (χ2n) is 5.67. The normalized spacial score (nSPS) is 17.4. The summed E-state index contributed by atoms with van der Waals surface area (Å²) in [6.45, 7) is 5.31. The number of fused-ring (bicyclic) bond motifs is 1. The Morgan fingerprint density at radius 3 is 2.81 bits per heavy atom. The number of piperidine rings is 1. The molecule has 0 spiro atoms. The minimum atomic E-state index is -0.436. The van der Waals surface area contributed by atoms with Crippen molar-refractivity contribution in [1.82, 2.24) is 14.5 Å². The molecule has 3 rings (SSSR count). The van der Waals surface area contributed by atoms with Gasteiger partial charge in [0.05, 0.1) is 11.7 Å². The van der Waals surface area contributed by atoms with Crippen LogP contribution in [-0.2, 0) is 0 Å². The van der Waals surface area contributed by atoms with Gasteiger partial charge in [-0.15, -0.1) is 0 Å². The molecule has 0 unspecified atom stereocenters. The predicted molar refractivity (Wildman–Crippen MR) is 81.0 cm³/mol. The monoisotopic (exact) mass is 289 g/mol. The molecule has 4 nitrogen and oxygen atoms in total. The van der Waals surface area contributed by atoms with Crippen LogP contribution in [0.2, 0.25) is 0 Å². The van der Waals surface area contributed by atoms with Crippen LogP contribution in [0, 0.1) is 5.82 Å². The van der Waals surface area contributed by atoms with E-state index >= 15 is 0 Å². The summed E-state index contributed by atoms with van der Waals surface area (Å²) in [5.41, 5.74) is 0.0376. The summed E-state index contributed by atoms with van der Waals surface area (Å²) >= 11 is 0. The highest BCUT2D eigenvalue weighted by Crippen LogP contribution is 2.22. The minimum absolute atomic E-state index is 0.131. The zero-order valence-corrected chi connectivity index (χ0v) is 12.3. The van der Waals surface area contributed by atoms with Gasteiger partial charge in [0.25, 0.3) is 5.56 Å². The Bertz CT molecular complexity index is 689. The third-order valence-corrected chi connectivity index (χ3v) is 4.25. The van der Waals surface area contributed by atoms with Crippen LogP contribution in [0.4, 0.5) is 4.39 Å². The van der Waals surface area contributed by atoms with E-state index in [1.807, 2.05) is 0 Å². The van der Waals surface area contributed by atoms with E-state index in [0.717, 1.165) is 38.9 Å². The number of hydrogen-bond acceptors (Lipinski definition) is 3. The van der Waals surface area contributed by atoms with Gasteiger partial charge in [-0.25, -0.2) is 9.37 Å². The maximum Gasteiger partial charge on any atom is 0.261 e. The van der Waals surface area contributed by atoms with E-state index in [2.05, 4.69) is 16.8 Å². The highest BCUT2D eigenvalue weighted by molar-refractivity contribution is 5.77. The van der Waals surface area contributed by atoms with Gasteiger partial charge >= 0.3 is 0 Å². The molecule has 0 aliphatic carbocycles. The van der Waals surface area contributed by atoms with E-state index in [4.69, 9.17) is 0 Å². The first-order valence-corrected chi connectivity index (χ1v) is 7.58. The molecule has 1 fully saturated rings. The Kier molecular flexibility index (Phi) is 4.01.